The Hall–Kier alpha value is -4.62. The lowest BCUT2D eigenvalue weighted by Gasteiger charge is -2.13. The Morgan fingerprint density at radius 2 is 1.46 bits per heavy atom. The summed E-state index contributed by atoms with van der Waals surface area (Å²) in [7, 11) is 0. The Bertz CT molecular complexity index is 1550. The van der Waals surface area contributed by atoms with E-state index in [-0.39, 0.29) is 23.3 Å². The number of nitrogens with one attached hydrogen (secondary N) is 3. The Labute approximate surface area is 245 Å². The van der Waals surface area contributed by atoms with Gasteiger partial charge in [0.2, 0.25) is 5.91 Å². The molecule has 0 atom stereocenters. The first-order chi connectivity index (χ1) is 19.8. The minimum absolute atomic E-state index is 0.117. The molecule has 4 aromatic carbocycles. The first kappa shape index (κ1) is 29.4. The van der Waals surface area contributed by atoms with Crippen molar-refractivity contribution in [2.24, 2.45) is 0 Å². The topological polar surface area (TPSA) is 87.3 Å². The van der Waals surface area contributed by atoms with Crippen molar-refractivity contribution in [3.05, 3.63) is 131 Å². The van der Waals surface area contributed by atoms with E-state index in [4.69, 9.17) is 0 Å². The first-order valence-corrected chi connectivity index (χ1v) is 14.3. The molecule has 0 spiro atoms. The molecule has 4 rings (SSSR count). The van der Waals surface area contributed by atoms with Crippen LogP contribution in [0.4, 0.5) is 11.4 Å². The molecule has 0 aliphatic rings. The number of thioether (sulfide) groups is 1. The van der Waals surface area contributed by atoms with E-state index in [1.807, 2.05) is 73.7 Å². The zero-order chi connectivity index (χ0) is 29.2. The fourth-order valence-corrected chi connectivity index (χ4v) is 4.77. The van der Waals surface area contributed by atoms with Crippen molar-refractivity contribution < 1.29 is 14.4 Å². The second kappa shape index (κ2) is 14.1. The Kier molecular flexibility index (Phi) is 10.1. The van der Waals surface area contributed by atoms with Gasteiger partial charge in [-0.25, -0.2) is 0 Å². The van der Waals surface area contributed by atoms with E-state index in [1.165, 1.54) is 17.3 Å². The third-order valence-corrected chi connectivity index (χ3v) is 7.20. The van der Waals surface area contributed by atoms with E-state index in [9.17, 15) is 14.4 Å². The number of carbonyl (C=O) groups is 3. The van der Waals surface area contributed by atoms with E-state index in [1.54, 1.807) is 42.5 Å². The first-order valence-electron chi connectivity index (χ1n) is 13.4. The Morgan fingerprint density at radius 3 is 2.15 bits per heavy atom. The lowest BCUT2D eigenvalue weighted by molar-refractivity contribution is -0.114. The molecular formula is C34H33N3O3S. The molecule has 0 saturated heterocycles. The number of aryl methyl sites for hydroxylation is 1. The highest BCUT2D eigenvalue weighted by atomic mass is 32.2. The molecule has 0 aromatic heterocycles. The third kappa shape index (κ3) is 8.95. The zero-order valence-electron chi connectivity index (χ0n) is 23.3. The average Bonchev–Trinajstić information content (AvgIpc) is 2.96. The molecule has 0 aliphatic carbocycles. The molecule has 0 saturated carbocycles. The Morgan fingerprint density at radius 1 is 0.780 bits per heavy atom. The number of hydrogen-bond acceptors (Lipinski definition) is 4. The molecule has 208 valence electrons. The van der Waals surface area contributed by atoms with Gasteiger partial charge < -0.3 is 16.0 Å². The molecule has 7 heteroatoms. The van der Waals surface area contributed by atoms with Crippen molar-refractivity contribution in [2.45, 2.75) is 31.6 Å². The predicted molar refractivity (Wildman–Crippen MR) is 168 cm³/mol. The summed E-state index contributed by atoms with van der Waals surface area (Å²) in [6.07, 6.45) is 1.66. The van der Waals surface area contributed by atoms with Gasteiger partial charge in [0.05, 0.1) is 5.75 Å². The number of anilines is 2. The van der Waals surface area contributed by atoms with Gasteiger partial charge >= 0.3 is 0 Å². The number of carbonyl (C=O) groups excluding carboxylic acids is 3. The molecule has 41 heavy (non-hydrogen) atoms. The molecule has 0 fully saturated rings. The van der Waals surface area contributed by atoms with Gasteiger partial charge in [-0.05, 0) is 78.1 Å². The SMILES string of the molecule is Cc1cccc(NC(=O)CSc2cccc(NC(=O)/C(=C\c3ccc(C(C)C)cc3)NC(=O)c3ccccc3)c2)c1. The van der Waals surface area contributed by atoms with E-state index >= 15 is 0 Å². The lowest BCUT2D eigenvalue weighted by atomic mass is 10.0. The van der Waals surface area contributed by atoms with Gasteiger partial charge in [0, 0.05) is 21.8 Å². The average molecular weight is 564 g/mol. The van der Waals surface area contributed by atoms with Crippen molar-refractivity contribution in [1.29, 1.82) is 0 Å². The van der Waals surface area contributed by atoms with E-state index in [0.29, 0.717) is 17.2 Å². The van der Waals surface area contributed by atoms with Gasteiger partial charge in [0.1, 0.15) is 5.70 Å². The van der Waals surface area contributed by atoms with Crippen molar-refractivity contribution in [2.75, 3.05) is 16.4 Å². The van der Waals surface area contributed by atoms with Crippen LogP contribution in [0.25, 0.3) is 6.08 Å². The molecule has 0 radical (unpaired) electrons. The molecule has 0 heterocycles. The fraction of sp³-hybridized carbons (Fsp3) is 0.147. The minimum Gasteiger partial charge on any atom is -0.325 e. The summed E-state index contributed by atoms with van der Waals surface area (Å²) >= 11 is 1.37. The zero-order valence-corrected chi connectivity index (χ0v) is 24.1. The van der Waals surface area contributed by atoms with E-state index in [2.05, 4.69) is 29.8 Å². The van der Waals surface area contributed by atoms with Crippen molar-refractivity contribution >= 4 is 46.9 Å². The summed E-state index contributed by atoms with van der Waals surface area (Å²) in [6, 6.07) is 31.5. The largest absolute Gasteiger partial charge is 0.325 e. The quantitative estimate of drug-likeness (QED) is 0.140. The maximum absolute atomic E-state index is 13.4. The molecule has 4 aromatic rings. The number of hydrogen-bond donors (Lipinski definition) is 3. The van der Waals surface area contributed by atoms with E-state index in [0.717, 1.165) is 21.7 Å². The maximum Gasteiger partial charge on any atom is 0.272 e. The lowest BCUT2D eigenvalue weighted by Crippen LogP contribution is -2.30. The third-order valence-electron chi connectivity index (χ3n) is 6.21. The molecule has 0 unspecified atom stereocenters. The highest BCUT2D eigenvalue weighted by Gasteiger charge is 2.16. The van der Waals surface area contributed by atoms with Crippen molar-refractivity contribution in [3.8, 4) is 0 Å². The molecular weight excluding hydrogens is 530 g/mol. The second-order valence-corrected chi connectivity index (χ2v) is 10.9. The molecule has 6 nitrogen and oxygen atoms in total. The van der Waals surface area contributed by atoms with Crippen molar-refractivity contribution in [1.82, 2.24) is 5.32 Å². The normalized spacial score (nSPS) is 11.2. The summed E-state index contributed by atoms with van der Waals surface area (Å²) in [4.78, 5) is 39.6. The number of benzene rings is 4. The van der Waals surface area contributed by atoms with Gasteiger partial charge in [0.25, 0.3) is 11.8 Å². The van der Waals surface area contributed by atoms with Crippen LogP contribution in [0, 0.1) is 6.92 Å². The van der Waals surface area contributed by atoms with Crippen molar-refractivity contribution in [3.63, 3.8) is 0 Å². The van der Waals surface area contributed by atoms with Gasteiger partial charge in [-0.15, -0.1) is 11.8 Å². The van der Waals surface area contributed by atoms with Gasteiger partial charge in [0.15, 0.2) is 0 Å². The van der Waals surface area contributed by atoms with Crippen LogP contribution in [-0.4, -0.2) is 23.5 Å². The van der Waals surface area contributed by atoms with Gasteiger partial charge in [-0.1, -0.05) is 74.5 Å². The molecule has 0 bridgehead atoms. The van der Waals surface area contributed by atoms with Crippen LogP contribution < -0.4 is 16.0 Å². The highest BCUT2D eigenvalue weighted by molar-refractivity contribution is 8.00. The number of rotatable bonds is 10. The fourth-order valence-electron chi connectivity index (χ4n) is 4.02. The van der Waals surface area contributed by atoms with Crippen LogP contribution in [0.1, 0.15) is 46.8 Å². The standard InChI is InChI=1S/C34H33N3O3S/c1-23(2)26-17-15-25(16-18-26)20-31(37-33(39)27-10-5-4-6-11-27)34(40)36-29-13-8-14-30(21-29)41-22-32(38)35-28-12-7-9-24(3)19-28/h4-21,23H,22H2,1-3H3,(H,35,38)(H,36,40)(H,37,39)/b31-20+. The van der Waals surface area contributed by atoms with Crippen LogP contribution in [0.3, 0.4) is 0 Å². The van der Waals surface area contributed by atoms with E-state index < -0.39 is 5.91 Å². The monoisotopic (exact) mass is 563 g/mol. The van der Waals surface area contributed by atoms with Crippen LogP contribution >= 0.6 is 11.8 Å². The Balaban J connectivity index is 1.46. The minimum atomic E-state index is -0.457. The smallest absolute Gasteiger partial charge is 0.272 e. The highest BCUT2D eigenvalue weighted by Crippen LogP contribution is 2.23. The predicted octanol–water partition coefficient (Wildman–Crippen LogP) is 7.26. The molecule has 0 aliphatic heterocycles. The van der Waals surface area contributed by atoms with Crippen LogP contribution in [0.5, 0.6) is 0 Å². The summed E-state index contributed by atoms with van der Waals surface area (Å²) in [5.74, 6) is -0.355. The number of amides is 3. The maximum atomic E-state index is 13.4. The van der Waals surface area contributed by atoms with Gasteiger partial charge in [-0.2, -0.15) is 0 Å². The summed E-state index contributed by atoms with van der Waals surface area (Å²) in [5.41, 5.74) is 4.91. The summed E-state index contributed by atoms with van der Waals surface area (Å²) < 4.78 is 0. The van der Waals surface area contributed by atoms with Gasteiger partial charge in [-0.3, -0.25) is 14.4 Å². The summed E-state index contributed by atoms with van der Waals surface area (Å²) in [5, 5.41) is 8.56. The van der Waals surface area contributed by atoms with Crippen LogP contribution in [-0.2, 0) is 9.59 Å². The van der Waals surface area contributed by atoms with Crippen LogP contribution in [0.2, 0.25) is 0 Å². The molecule has 3 amide bonds. The second-order valence-electron chi connectivity index (χ2n) is 9.89. The summed E-state index contributed by atoms with van der Waals surface area (Å²) in [6.45, 7) is 6.21. The molecule has 3 N–H and O–H groups in total. The van der Waals surface area contributed by atoms with Crippen LogP contribution in [0.15, 0.2) is 114 Å².